The summed E-state index contributed by atoms with van der Waals surface area (Å²) in [7, 11) is 0. The maximum Gasteiger partial charge on any atom is 0.126 e. The zero-order valence-corrected chi connectivity index (χ0v) is 9.47. The molecule has 0 saturated heterocycles. The Morgan fingerprint density at radius 1 is 1.50 bits per heavy atom. The van der Waals surface area contributed by atoms with Gasteiger partial charge in [0.15, 0.2) is 0 Å². The highest BCUT2D eigenvalue weighted by Gasteiger charge is 2.18. The highest BCUT2D eigenvalue weighted by Crippen LogP contribution is 2.19. The van der Waals surface area contributed by atoms with E-state index in [1.165, 1.54) is 11.8 Å². The zero-order valence-electron chi connectivity index (χ0n) is 9.47. The van der Waals surface area contributed by atoms with Crippen LogP contribution in [0.4, 0.5) is 0 Å². The molecule has 1 nitrogen and oxygen atoms in total. The van der Waals surface area contributed by atoms with E-state index >= 15 is 0 Å². The highest BCUT2D eigenvalue weighted by molar-refractivity contribution is 5.00. The molecule has 0 N–H and O–H groups in total. The second-order valence-corrected chi connectivity index (χ2v) is 3.78. The van der Waals surface area contributed by atoms with Gasteiger partial charge in [0.2, 0.25) is 0 Å². The molecule has 1 atom stereocenters. The van der Waals surface area contributed by atoms with Crippen LogP contribution in [0.3, 0.4) is 0 Å². The van der Waals surface area contributed by atoms with E-state index in [4.69, 9.17) is 4.74 Å². The predicted molar refractivity (Wildman–Crippen MR) is 62.1 cm³/mol. The third kappa shape index (κ3) is 5.45. The lowest BCUT2D eigenvalue weighted by Gasteiger charge is -2.24. The van der Waals surface area contributed by atoms with Crippen LogP contribution in [-0.4, -0.2) is 5.60 Å². The fourth-order valence-corrected chi connectivity index (χ4v) is 1.03. The van der Waals surface area contributed by atoms with Crippen molar-refractivity contribution >= 4 is 0 Å². The van der Waals surface area contributed by atoms with Gasteiger partial charge in [-0.2, -0.15) is 0 Å². The van der Waals surface area contributed by atoms with Gasteiger partial charge in [0.1, 0.15) is 11.9 Å². The third-order valence-electron chi connectivity index (χ3n) is 2.04. The van der Waals surface area contributed by atoms with Gasteiger partial charge < -0.3 is 4.74 Å². The first-order chi connectivity index (χ1) is 6.54. The molecule has 0 fully saturated rings. The summed E-state index contributed by atoms with van der Waals surface area (Å²) in [6.07, 6.45) is 7.42. The lowest BCUT2D eigenvalue weighted by molar-refractivity contribution is 0.0793. The van der Waals surface area contributed by atoms with Gasteiger partial charge in [-0.15, -0.1) is 0 Å². The van der Waals surface area contributed by atoms with Crippen molar-refractivity contribution in [3.05, 3.63) is 42.9 Å². The molecule has 0 aromatic carbocycles. The van der Waals surface area contributed by atoms with Gasteiger partial charge in [0.05, 0.1) is 0 Å². The Labute approximate surface area is 87.5 Å². The summed E-state index contributed by atoms with van der Waals surface area (Å²) in [6, 6.07) is 0. The van der Waals surface area contributed by atoms with Gasteiger partial charge in [-0.3, -0.25) is 0 Å². The largest absolute Gasteiger partial charge is 0.483 e. The lowest BCUT2D eigenvalue weighted by atomic mass is 9.99. The molecule has 0 aliphatic carbocycles. The van der Waals surface area contributed by atoms with E-state index in [0.717, 1.165) is 12.8 Å². The van der Waals surface area contributed by atoms with Crippen molar-refractivity contribution in [3.63, 3.8) is 0 Å². The van der Waals surface area contributed by atoms with Crippen molar-refractivity contribution in [1.29, 1.82) is 0 Å². The molecule has 0 amide bonds. The molecule has 14 heavy (non-hydrogen) atoms. The second kappa shape index (κ2) is 6.28. The van der Waals surface area contributed by atoms with Crippen LogP contribution in [-0.2, 0) is 4.74 Å². The van der Waals surface area contributed by atoms with Crippen molar-refractivity contribution in [2.24, 2.45) is 0 Å². The maximum absolute atomic E-state index is 5.46. The van der Waals surface area contributed by atoms with E-state index in [-0.39, 0.29) is 5.60 Å². The molecule has 0 bridgehead atoms. The SMILES string of the molecule is C=C=COC(C)(C=C)CCC=C(C)C. The molecule has 0 aromatic rings. The fraction of sp³-hybridized carbons (Fsp3) is 0.462. The van der Waals surface area contributed by atoms with Crippen LogP contribution in [0, 0.1) is 0 Å². The van der Waals surface area contributed by atoms with E-state index < -0.39 is 0 Å². The quantitative estimate of drug-likeness (QED) is 0.351. The van der Waals surface area contributed by atoms with Crippen molar-refractivity contribution in [1.82, 2.24) is 0 Å². The van der Waals surface area contributed by atoms with Gasteiger partial charge in [0, 0.05) is 0 Å². The minimum Gasteiger partial charge on any atom is -0.483 e. The third-order valence-corrected chi connectivity index (χ3v) is 2.04. The smallest absolute Gasteiger partial charge is 0.126 e. The Morgan fingerprint density at radius 3 is 2.57 bits per heavy atom. The van der Waals surface area contributed by atoms with Gasteiger partial charge in [0.25, 0.3) is 0 Å². The number of ether oxygens (including phenoxy) is 1. The molecule has 0 heterocycles. The minimum atomic E-state index is -0.309. The lowest BCUT2D eigenvalue weighted by Crippen LogP contribution is -2.22. The molecule has 1 heteroatoms. The van der Waals surface area contributed by atoms with Gasteiger partial charge >= 0.3 is 0 Å². The fourth-order valence-electron chi connectivity index (χ4n) is 1.03. The molecule has 0 rings (SSSR count). The average molecular weight is 192 g/mol. The molecule has 1 unspecified atom stereocenters. The summed E-state index contributed by atoms with van der Waals surface area (Å²) in [4.78, 5) is 0. The molecule has 78 valence electrons. The Morgan fingerprint density at radius 2 is 2.14 bits per heavy atom. The Hall–Kier alpha value is -1.20. The van der Waals surface area contributed by atoms with Crippen LogP contribution >= 0.6 is 0 Å². The van der Waals surface area contributed by atoms with Crippen LogP contribution in [0.5, 0.6) is 0 Å². The Kier molecular flexibility index (Phi) is 5.74. The topological polar surface area (TPSA) is 9.23 Å². The Bertz CT molecular complexity index is 252. The Balaban J connectivity index is 4.18. The second-order valence-electron chi connectivity index (χ2n) is 3.78. The van der Waals surface area contributed by atoms with Crippen molar-refractivity contribution in [2.75, 3.05) is 0 Å². The molecule has 0 saturated carbocycles. The summed E-state index contributed by atoms with van der Waals surface area (Å²) in [6.45, 7) is 13.4. The number of allylic oxidation sites excluding steroid dienone is 2. The van der Waals surface area contributed by atoms with Crippen LogP contribution in [0.15, 0.2) is 42.9 Å². The first kappa shape index (κ1) is 12.8. The predicted octanol–water partition coefficient (Wildman–Crippen LogP) is 3.99. The van der Waals surface area contributed by atoms with E-state index in [2.05, 4.69) is 38.8 Å². The van der Waals surface area contributed by atoms with Crippen LogP contribution in [0.2, 0.25) is 0 Å². The zero-order chi connectivity index (χ0) is 11.0. The number of rotatable bonds is 6. The monoisotopic (exact) mass is 192 g/mol. The maximum atomic E-state index is 5.46. The molecular weight excluding hydrogens is 172 g/mol. The summed E-state index contributed by atoms with van der Waals surface area (Å²) >= 11 is 0. The average Bonchev–Trinajstić information content (AvgIpc) is 2.14. The first-order valence-corrected chi connectivity index (χ1v) is 4.83. The molecule has 0 aliphatic rings. The van der Waals surface area contributed by atoms with E-state index in [9.17, 15) is 0 Å². The molecule has 0 radical (unpaired) electrons. The molecule has 0 aromatic heterocycles. The number of hydrogen-bond donors (Lipinski definition) is 0. The van der Waals surface area contributed by atoms with Crippen LogP contribution in [0.1, 0.15) is 33.6 Å². The van der Waals surface area contributed by atoms with Crippen molar-refractivity contribution in [3.8, 4) is 0 Å². The summed E-state index contributed by atoms with van der Waals surface area (Å²) in [5.74, 6) is 0. The van der Waals surface area contributed by atoms with Gasteiger partial charge in [-0.05, 0) is 39.7 Å². The van der Waals surface area contributed by atoms with E-state index in [1.54, 1.807) is 0 Å². The highest BCUT2D eigenvalue weighted by atomic mass is 16.5. The normalized spacial score (nSPS) is 13.4. The molecule has 0 spiro atoms. The van der Waals surface area contributed by atoms with Crippen molar-refractivity contribution in [2.45, 2.75) is 39.2 Å². The molecule has 0 aliphatic heterocycles. The van der Waals surface area contributed by atoms with Gasteiger partial charge in [-0.1, -0.05) is 30.5 Å². The standard InChI is InChI=1S/C13H20O/c1-6-11-14-13(5,7-2)10-8-9-12(3)4/h7,9,11H,1-2,8,10H2,3-5H3. The van der Waals surface area contributed by atoms with E-state index in [0.29, 0.717) is 0 Å². The van der Waals surface area contributed by atoms with Crippen LogP contribution in [0.25, 0.3) is 0 Å². The summed E-state index contributed by atoms with van der Waals surface area (Å²) < 4.78 is 5.46. The van der Waals surface area contributed by atoms with Crippen molar-refractivity contribution < 1.29 is 4.74 Å². The first-order valence-electron chi connectivity index (χ1n) is 4.83. The minimum absolute atomic E-state index is 0.309. The molecular formula is C13H20O. The summed E-state index contributed by atoms with van der Waals surface area (Å²) in [5.41, 5.74) is 3.62. The number of hydrogen-bond acceptors (Lipinski definition) is 1. The summed E-state index contributed by atoms with van der Waals surface area (Å²) in [5, 5.41) is 0. The van der Waals surface area contributed by atoms with Gasteiger partial charge in [-0.25, -0.2) is 0 Å². The van der Waals surface area contributed by atoms with Crippen LogP contribution < -0.4 is 0 Å². The van der Waals surface area contributed by atoms with E-state index in [1.807, 2.05) is 13.0 Å².